The fourth-order valence-electron chi connectivity index (χ4n) is 2.52. The fourth-order valence-corrected chi connectivity index (χ4v) is 2.52. The Balaban J connectivity index is 2.05. The van der Waals surface area contributed by atoms with Gasteiger partial charge in [-0.1, -0.05) is 32.9 Å². The standard InChI is InChI=1S/C16H26N2/c1-12(16(2,3)4)18(5)11-13-6-7-14-8-9-17-15(14)10-13/h6-7,10,12,17H,8-9,11H2,1-5H3. The molecule has 2 rings (SSSR count). The highest BCUT2D eigenvalue weighted by molar-refractivity contribution is 5.57. The third kappa shape index (κ3) is 2.86. The minimum Gasteiger partial charge on any atom is -0.384 e. The quantitative estimate of drug-likeness (QED) is 0.878. The first-order valence-corrected chi connectivity index (χ1v) is 6.94. The van der Waals surface area contributed by atoms with E-state index in [1.54, 1.807) is 0 Å². The molecule has 0 aromatic heterocycles. The highest BCUT2D eigenvalue weighted by atomic mass is 15.1. The van der Waals surface area contributed by atoms with Crippen molar-refractivity contribution in [2.24, 2.45) is 5.41 Å². The van der Waals surface area contributed by atoms with Gasteiger partial charge in [0.1, 0.15) is 0 Å². The monoisotopic (exact) mass is 246 g/mol. The maximum absolute atomic E-state index is 3.45. The molecule has 2 heteroatoms. The van der Waals surface area contributed by atoms with Gasteiger partial charge in [0.25, 0.3) is 0 Å². The van der Waals surface area contributed by atoms with Gasteiger partial charge in [0, 0.05) is 24.8 Å². The van der Waals surface area contributed by atoms with Crippen LogP contribution in [0.25, 0.3) is 0 Å². The van der Waals surface area contributed by atoms with Crippen LogP contribution in [-0.4, -0.2) is 24.5 Å². The average molecular weight is 246 g/mol. The van der Waals surface area contributed by atoms with E-state index in [-0.39, 0.29) is 0 Å². The van der Waals surface area contributed by atoms with Crippen molar-refractivity contribution in [3.05, 3.63) is 29.3 Å². The number of anilines is 1. The summed E-state index contributed by atoms with van der Waals surface area (Å²) in [5.74, 6) is 0. The van der Waals surface area contributed by atoms with Crippen molar-refractivity contribution < 1.29 is 0 Å². The van der Waals surface area contributed by atoms with Gasteiger partial charge in [-0.15, -0.1) is 0 Å². The van der Waals surface area contributed by atoms with E-state index in [0.717, 1.165) is 13.1 Å². The molecule has 1 aliphatic heterocycles. The molecule has 100 valence electrons. The normalized spacial score (nSPS) is 16.6. The molecule has 1 atom stereocenters. The highest BCUT2D eigenvalue weighted by Gasteiger charge is 2.24. The molecule has 2 nitrogen and oxygen atoms in total. The summed E-state index contributed by atoms with van der Waals surface area (Å²) in [5.41, 5.74) is 4.53. The van der Waals surface area contributed by atoms with Crippen molar-refractivity contribution in [2.75, 3.05) is 18.9 Å². The van der Waals surface area contributed by atoms with Crippen LogP contribution in [0.2, 0.25) is 0 Å². The first-order valence-electron chi connectivity index (χ1n) is 6.94. The SMILES string of the molecule is CC(N(C)Cc1ccc2c(c1)NCC2)C(C)(C)C. The molecular formula is C16H26N2. The summed E-state index contributed by atoms with van der Waals surface area (Å²) >= 11 is 0. The molecule has 18 heavy (non-hydrogen) atoms. The van der Waals surface area contributed by atoms with Crippen molar-refractivity contribution in [1.29, 1.82) is 0 Å². The second-order valence-electron chi connectivity index (χ2n) is 6.63. The fraction of sp³-hybridized carbons (Fsp3) is 0.625. The van der Waals surface area contributed by atoms with Crippen molar-refractivity contribution in [3.63, 3.8) is 0 Å². The van der Waals surface area contributed by atoms with Crippen LogP contribution in [0.1, 0.15) is 38.8 Å². The number of nitrogens with one attached hydrogen (secondary N) is 1. The first-order chi connectivity index (χ1) is 8.38. The van der Waals surface area contributed by atoms with Gasteiger partial charge in [0.15, 0.2) is 0 Å². The molecule has 1 aromatic carbocycles. The number of benzene rings is 1. The van der Waals surface area contributed by atoms with Crippen LogP contribution < -0.4 is 5.32 Å². The van der Waals surface area contributed by atoms with Crippen molar-refractivity contribution in [3.8, 4) is 0 Å². The van der Waals surface area contributed by atoms with E-state index < -0.39 is 0 Å². The molecular weight excluding hydrogens is 220 g/mol. The van der Waals surface area contributed by atoms with Gasteiger partial charge in [-0.05, 0) is 43.0 Å². The Morgan fingerprint density at radius 1 is 1.33 bits per heavy atom. The van der Waals surface area contributed by atoms with E-state index in [4.69, 9.17) is 0 Å². The molecule has 0 bridgehead atoms. The Labute approximate surface area is 111 Å². The number of fused-ring (bicyclic) bond motifs is 1. The van der Waals surface area contributed by atoms with Crippen LogP contribution in [-0.2, 0) is 13.0 Å². The molecule has 1 N–H and O–H groups in total. The van der Waals surface area contributed by atoms with Crippen molar-refractivity contribution >= 4 is 5.69 Å². The molecule has 1 aliphatic rings. The van der Waals surface area contributed by atoms with Gasteiger partial charge in [0.05, 0.1) is 0 Å². The Kier molecular flexibility index (Phi) is 3.67. The van der Waals surface area contributed by atoms with Crippen LogP contribution in [0.5, 0.6) is 0 Å². The molecule has 0 saturated heterocycles. The molecule has 0 fully saturated rings. The maximum Gasteiger partial charge on any atom is 0.0376 e. The zero-order valence-electron chi connectivity index (χ0n) is 12.4. The van der Waals surface area contributed by atoms with Crippen LogP contribution in [0, 0.1) is 5.41 Å². The zero-order chi connectivity index (χ0) is 13.3. The largest absolute Gasteiger partial charge is 0.384 e. The van der Waals surface area contributed by atoms with E-state index in [1.165, 1.54) is 23.2 Å². The van der Waals surface area contributed by atoms with Crippen LogP contribution >= 0.6 is 0 Å². The lowest BCUT2D eigenvalue weighted by atomic mass is 9.87. The predicted molar refractivity (Wildman–Crippen MR) is 79.0 cm³/mol. The summed E-state index contributed by atoms with van der Waals surface area (Å²) in [7, 11) is 2.22. The Bertz CT molecular complexity index is 418. The number of hydrogen-bond acceptors (Lipinski definition) is 2. The van der Waals surface area contributed by atoms with Gasteiger partial charge < -0.3 is 5.32 Å². The minimum absolute atomic E-state index is 0.323. The lowest BCUT2D eigenvalue weighted by Crippen LogP contribution is -2.38. The molecule has 0 radical (unpaired) electrons. The van der Waals surface area contributed by atoms with Crippen LogP contribution in [0.3, 0.4) is 0 Å². The van der Waals surface area contributed by atoms with Gasteiger partial charge >= 0.3 is 0 Å². The number of hydrogen-bond donors (Lipinski definition) is 1. The van der Waals surface area contributed by atoms with E-state index in [9.17, 15) is 0 Å². The Hall–Kier alpha value is -1.02. The second-order valence-corrected chi connectivity index (χ2v) is 6.63. The van der Waals surface area contributed by atoms with E-state index in [1.807, 2.05) is 0 Å². The van der Waals surface area contributed by atoms with Gasteiger partial charge in [-0.25, -0.2) is 0 Å². The molecule has 0 amide bonds. The third-order valence-electron chi connectivity index (χ3n) is 4.23. The summed E-state index contributed by atoms with van der Waals surface area (Å²) in [5, 5.41) is 3.45. The van der Waals surface area contributed by atoms with E-state index in [0.29, 0.717) is 11.5 Å². The topological polar surface area (TPSA) is 15.3 Å². The number of rotatable bonds is 3. The second kappa shape index (κ2) is 4.93. The van der Waals surface area contributed by atoms with Gasteiger partial charge in [0.2, 0.25) is 0 Å². The molecule has 1 heterocycles. The smallest absolute Gasteiger partial charge is 0.0376 e. The molecule has 1 unspecified atom stereocenters. The molecule has 1 aromatic rings. The Morgan fingerprint density at radius 3 is 2.72 bits per heavy atom. The van der Waals surface area contributed by atoms with Crippen molar-refractivity contribution in [2.45, 2.75) is 46.7 Å². The molecule has 0 saturated carbocycles. The minimum atomic E-state index is 0.323. The van der Waals surface area contributed by atoms with E-state index in [2.05, 4.69) is 63.2 Å². The van der Waals surface area contributed by atoms with Crippen LogP contribution in [0.15, 0.2) is 18.2 Å². The molecule has 0 aliphatic carbocycles. The van der Waals surface area contributed by atoms with Gasteiger partial charge in [-0.2, -0.15) is 0 Å². The van der Waals surface area contributed by atoms with Crippen LogP contribution in [0.4, 0.5) is 5.69 Å². The first kappa shape index (κ1) is 13.4. The summed E-state index contributed by atoms with van der Waals surface area (Å²) in [6, 6.07) is 7.44. The predicted octanol–water partition coefficient (Wildman–Crippen LogP) is 3.52. The van der Waals surface area contributed by atoms with Gasteiger partial charge in [-0.3, -0.25) is 4.90 Å². The van der Waals surface area contributed by atoms with E-state index >= 15 is 0 Å². The van der Waals surface area contributed by atoms with Crippen molar-refractivity contribution in [1.82, 2.24) is 4.90 Å². The highest BCUT2D eigenvalue weighted by Crippen LogP contribution is 2.27. The molecule has 0 spiro atoms. The lowest BCUT2D eigenvalue weighted by Gasteiger charge is -2.35. The number of nitrogens with zero attached hydrogens (tertiary/aromatic N) is 1. The average Bonchev–Trinajstić information content (AvgIpc) is 2.73. The summed E-state index contributed by atoms with van der Waals surface area (Å²) < 4.78 is 0. The lowest BCUT2D eigenvalue weighted by molar-refractivity contribution is 0.134. The Morgan fingerprint density at radius 2 is 2.06 bits per heavy atom. The summed E-state index contributed by atoms with van der Waals surface area (Å²) in [6.07, 6.45) is 1.17. The summed E-state index contributed by atoms with van der Waals surface area (Å²) in [4.78, 5) is 2.44. The summed E-state index contributed by atoms with van der Waals surface area (Å²) in [6.45, 7) is 11.3. The maximum atomic E-state index is 3.45. The third-order valence-corrected chi connectivity index (χ3v) is 4.23. The zero-order valence-corrected chi connectivity index (χ0v) is 12.4.